The summed E-state index contributed by atoms with van der Waals surface area (Å²) in [6, 6.07) is -10.7. The second-order valence-electron chi connectivity index (χ2n) is 19.4. The zero-order valence-corrected chi connectivity index (χ0v) is 43.8. The van der Waals surface area contributed by atoms with Gasteiger partial charge in [0, 0.05) is 13.1 Å². The summed E-state index contributed by atoms with van der Waals surface area (Å²) in [6.45, 7) is 17.2. The van der Waals surface area contributed by atoms with Crippen molar-refractivity contribution >= 4 is 70.9 Å². The molecule has 400 valence electrons. The van der Waals surface area contributed by atoms with Crippen molar-refractivity contribution in [2.45, 2.75) is 181 Å². The van der Waals surface area contributed by atoms with Gasteiger partial charge in [0.2, 0.25) is 47.3 Å². The number of carboxylic acid groups (broad SMARTS) is 1. The molecule has 24 heteroatoms. The molecular weight excluding hydrogens is 929 g/mol. The van der Waals surface area contributed by atoms with Gasteiger partial charge >= 0.3 is 5.97 Å². The number of nitrogens with zero attached hydrogens (tertiary/aromatic N) is 2. The summed E-state index contributed by atoms with van der Waals surface area (Å²) in [5, 5.41) is 39.0. The highest BCUT2D eigenvalue weighted by atomic mass is 32.2. The number of amides is 8. The van der Waals surface area contributed by atoms with E-state index >= 15 is 0 Å². The Morgan fingerprint density at radius 3 is 1.73 bits per heavy atom. The molecule has 70 heavy (non-hydrogen) atoms. The first-order valence-corrected chi connectivity index (χ1v) is 25.7. The Hall–Kier alpha value is -5.23. The molecule has 11 atom stereocenters. The van der Waals surface area contributed by atoms with E-state index in [0.29, 0.717) is 18.6 Å². The van der Waals surface area contributed by atoms with Crippen molar-refractivity contribution in [3.63, 3.8) is 0 Å². The van der Waals surface area contributed by atoms with Gasteiger partial charge in [0.15, 0.2) is 5.96 Å². The lowest BCUT2D eigenvalue weighted by molar-refractivity contribution is -0.143. The monoisotopic (exact) mass is 1010 g/mol. The van der Waals surface area contributed by atoms with Crippen LogP contribution < -0.4 is 54.4 Å². The lowest BCUT2D eigenvalue weighted by Gasteiger charge is -2.31. The normalized spacial score (nSPS) is 17.9. The minimum atomic E-state index is -1.66. The zero-order chi connectivity index (χ0) is 53.6. The standard InChI is InChI=1S/C46H84N12O11S/c1-12-26(8)35(42(65)55-32(45(68)69)22-24(4)5)56-39(62)31(21-23(2)3)54-43(66)36(28(10)59)57-38(61)29(15-13-18-50-46(48)49)52-40(63)33-16-14-19-58(33)44(67)27(9)51-37(60)30(17-20-70-11)53-41(64)34(47)25(6)7/h23-36,59H,12-22,47H2,1-11H3,(H,51,60)(H,52,63)(H,53,64)(H,54,66)(H,55,65)(H,56,62)(H,57,61)(H,68,69)(H4,48,49,50)/t26-,27-,28+,29-,30-,31-,32-,33-,34-,35-,36-/m0/s1. The largest absolute Gasteiger partial charge is 0.480 e. The number of rotatable bonds is 31. The summed E-state index contributed by atoms with van der Waals surface area (Å²) < 4.78 is 0. The number of aliphatic imine (C=N–C) groups is 1. The van der Waals surface area contributed by atoms with Crippen LogP contribution in [0.1, 0.15) is 121 Å². The summed E-state index contributed by atoms with van der Waals surface area (Å²) in [5.41, 5.74) is 17.0. The molecule has 0 aromatic carbocycles. The minimum absolute atomic E-state index is 0.0562. The van der Waals surface area contributed by atoms with Gasteiger partial charge in [-0.05, 0) is 94.5 Å². The maximum atomic E-state index is 14.1. The predicted octanol–water partition coefficient (Wildman–Crippen LogP) is -1.22. The third-order valence-corrected chi connectivity index (χ3v) is 12.6. The maximum absolute atomic E-state index is 14.1. The molecule has 0 aromatic rings. The summed E-state index contributed by atoms with van der Waals surface area (Å²) >= 11 is 1.47. The molecule has 1 aliphatic heterocycles. The van der Waals surface area contributed by atoms with E-state index in [-0.39, 0.29) is 75.3 Å². The first kappa shape index (κ1) is 62.8. The van der Waals surface area contributed by atoms with Gasteiger partial charge in [0.05, 0.1) is 12.1 Å². The molecule has 0 aliphatic carbocycles. The van der Waals surface area contributed by atoms with Gasteiger partial charge in [-0.25, -0.2) is 4.79 Å². The fourth-order valence-corrected chi connectivity index (χ4v) is 8.05. The molecule has 0 bridgehead atoms. The second-order valence-corrected chi connectivity index (χ2v) is 20.3. The molecule has 0 spiro atoms. The molecule has 0 radical (unpaired) electrons. The Balaban J connectivity index is 3.36. The van der Waals surface area contributed by atoms with Gasteiger partial charge < -0.3 is 69.5 Å². The topological polar surface area (TPSA) is 372 Å². The average molecular weight is 1010 g/mol. The van der Waals surface area contributed by atoms with Crippen LogP contribution in [0.2, 0.25) is 0 Å². The van der Waals surface area contributed by atoms with E-state index in [2.05, 4.69) is 42.2 Å². The van der Waals surface area contributed by atoms with E-state index in [0.717, 1.165) is 0 Å². The Kier molecular flexibility index (Phi) is 28.0. The number of guanidine groups is 1. The van der Waals surface area contributed by atoms with E-state index in [1.54, 1.807) is 41.5 Å². The number of hydrogen-bond acceptors (Lipinski definition) is 13. The maximum Gasteiger partial charge on any atom is 0.326 e. The van der Waals surface area contributed by atoms with Gasteiger partial charge in [0.25, 0.3) is 0 Å². The molecule has 1 heterocycles. The van der Waals surface area contributed by atoms with Crippen molar-refractivity contribution < 1.29 is 53.4 Å². The molecule has 0 unspecified atom stereocenters. The van der Waals surface area contributed by atoms with Gasteiger partial charge in [-0.3, -0.25) is 43.3 Å². The summed E-state index contributed by atoms with van der Waals surface area (Å²) in [4.78, 5) is 127. The SMILES string of the molecule is CC[C@H](C)[C@H](NC(=O)[C@H](CC(C)C)NC(=O)[C@@H](NC(=O)[C@H](CCCN=C(N)N)NC(=O)[C@@H]1CCCN1C(=O)[C@H](C)NC(=O)[C@H](CCSC)NC(=O)[C@@H](N)C(C)C)[C@@H](C)O)C(=O)N[C@@H](CC(C)C)C(=O)O. The van der Waals surface area contributed by atoms with Gasteiger partial charge in [-0.2, -0.15) is 11.8 Å². The van der Waals surface area contributed by atoms with Crippen LogP contribution in [-0.2, 0) is 43.2 Å². The van der Waals surface area contributed by atoms with Crippen molar-refractivity contribution in [2.24, 2.45) is 45.9 Å². The second kappa shape index (κ2) is 31.2. The highest BCUT2D eigenvalue weighted by Crippen LogP contribution is 2.20. The van der Waals surface area contributed by atoms with Crippen LogP contribution in [0, 0.1) is 23.7 Å². The number of hydrogen-bond donors (Lipinski definition) is 12. The number of aliphatic hydroxyl groups excluding tert-OH is 1. The minimum Gasteiger partial charge on any atom is -0.480 e. The van der Waals surface area contributed by atoms with E-state index in [9.17, 15) is 53.4 Å². The van der Waals surface area contributed by atoms with Crippen LogP contribution in [0.4, 0.5) is 0 Å². The molecule has 1 saturated heterocycles. The molecule has 0 saturated carbocycles. The molecule has 1 fully saturated rings. The van der Waals surface area contributed by atoms with Crippen LogP contribution in [-0.4, -0.2) is 160 Å². The first-order chi connectivity index (χ1) is 32.7. The smallest absolute Gasteiger partial charge is 0.326 e. The number of likely N-dealkylation sites (tertiary alicyclic amines) is 1. The number of nitrogens with one attached hydrogen (secondary N) is 7. The van der Waals surface area contributed by atoms with E-state index in [1.165, 1.54) is 30.5 Å². The number of aliphatic carboxylic acids is 1. The Morgan fingerprint density at radius 2 is 1.20 bits per heavy atom. The van der Waals surface area contributed by atoms with Gasteiger partial charge in [-0.15, -0.1) is 0 Å². The van der Waals surface area contributed by atoms with Crippen LogP contribution in [0.5, 0.6) is 0 Å². The Morgan fingerprint density at radius 1 is 0.686 bits per heavy atom. The first-order valence-electron chi connectivity index (χ1n) is 24.3. The summed E-state index contributed by atoms with van der Waals surface area (Å²) in [7, 11) is 0. The van der Waals surface area contributed by atoms with Crippen molar-refractivity contribution in [1.29, 1.82) is 0 Å². The Bertz CT molecular complexity index is 1800. The molecule has 1 aliphatic rings. The third-order valence-electron chi connectivity index (χ3n) is 11.9. The molecule has 8 amide bonds. The number of carbonyl (C=O) groups is 9. The van der Waals surface area contributed by atoms with Gasteiger partial charge in [-0.1, -0.05) is 61.8 Å². The number of carboxylic acids is 1. The Labute approximate surface area is 417 Å². The molecule has 0 aromatic heterocycles. The number of thioether (sulfide) groups is 1. The molecule has 23 nitrogen and oxygen atoms in total. The molecule has 1 rings (SSSR count). The van der Waals surface area contributed by atoms with Crippen molar-refractivity contribution in [2.75, 3.05) is 25.1 Å². The van der Waals surface area contributed by atoms with E-state index in [1.807, 2.05) is 20.1 Å². The van der Waals surface area contributed by atoms with Crippen LogP contribution in [0.25, 0.3) is 0 Å². The van der Waals surface area contributed by atoms with Crippen LogP contribution in [0.15, 0.2) is 4.99 Å². The van der Waals surface area contributed by atoms with E-state index < -0.39 is 120 Å². The summed E-state index contributed by atoms with van der Waals surface area (Å²) in [6.07, 6.45) is 1.99. The van der Waals surface area contributed by atoms with Crippen molar-refractivity contribution in [1.82, 2.24) is 42.1 Å². The lowest BCUT2D eigenvalue weighted by atomic mass is 9.95. The van der Waals surface area contributed by atoms with E-state index in [4.69, 9.17) is 17.2 Å². The highest BCUT2D eigenvalue weighted by Gasteiger charge is 2.40. The molecule has 15 N–H and O–H groups in total. The predicted molar refractivity (Wildman–Crippen MR) is 267 cm³/mol. The third kappa shape index (κ3) is 21.4. The average Bonchev–Trinajstić information content (AvgIpc) is 3.77. The van der Waals surface area contributed by atoms with Gasteiger partial charge in [0.1, 0.15) is 48.3 Å². The molecular formula is C46H84N12O11S. The lowest BCUT2D eigenvalue weighted by Crippen LogP contribution is -2.62. The highest BCUT2D eigenvalue weighted by molar-refractivity contribution is 7.98. The quantitative estimate of drug-likeness (QED) is 0.0220. The fourth-order valence-electron chi connectivity index (χ4n) is 7.58. The number of nitrogens with two attached hydrogens (primary N) is 3. The van der Waals surface area contributed by atoms with Crippen LogP contribution >= 0.6 is 11.8 Å². The number of aliphatic hydroxyl groups is 1. The van der Waals surface area contributed by atoms with Crippen LogP contribution in [0.3, 0.4) is 0 Å². The summed E-state index contributed by atoms with van der Waals surface area (Å²) in [5.74, 6) is -7.47. The zero-order valence-electron chi connectivity index (χ0n) is 43.0. The van der Waals surface area contributed by atoms with Crippen molar-refractivity contribution in [3.8, 4) is 0 Å². The number of carbonyl (C=O) groups excluding carboxylic acids is 8. The fraction of sp³-hybridized carbons (Fsp3) is 0.783. The van der Waals surface area contributed by atoms with Crippen molar-refractivity contribution in [3.05, 3.63) is 0 Å².